The molecule has 0 aliphatic heterocycles. The lowest BCUT2D eigenvalue weighted by Crippen LogP contribution is -2.30. The van der Waals surface area contributed by atoms with E-state index in [0.717, 1.165) is 9.13 Å². The van der Waals surface area contributed by atoms with Gasteiger partial charge in [-0.05, 0) is 46.4 Å². The number of ether oxygens (including phenoxy) is 1. The molecule has 0 radical (unpaired) electrons. The molecule has 0 heterocycles. The van der Waals surface area contributed by atoms with Gasteiger partial charge in [-0.15, -0.1) is 13.2 Å². The minimum atomic E-state index is -4.75. The normalized spacial score (nSPS) is 13.0. The maximum absolute atomic E-state index is 12.5. The van der Waals surface area contributed by atoms with Crippen molar-refractivity contribution in [3.63, 3.8) is 0 Å². The number of nitrogens with two attached hydrogens (primary N) is 1. The van der Waals surface area contributed by atoms with Gasteiger partial charge in [-0.1, -0.05) is 30.3 Å². The smallest absolute Gasteiger partial charge is 0.405 e. The third-order valence-electron chi connectivity index (χ3n) is 2.83. The van der Waals surface area contributed by atoms with E-state index in [1.165, 1.54) is 12.1 Å². The van der Waals surface area contributed by atoms with Crippen molar-refractivity contribution in [1.82, 2.24) is 5.43 Å². The van der Waals surface area contributed by atoms with Crippen LogP contribution >= 0.6 is 22.6 Å². The number of rotatable bonds is 4. The lowest BCUT2D eigenvalue weighted by Gasteiger charge is -2.21. The number of hydrogen-bond donors (Lipinski definition) is 2. The van der Waals surface area contributed by atoms with Gasteiger partial charge in [-0.3, -0.25) is 5.84 Å². The Labute approximate surface area is 133 Å². The Balaban J connectivity index is 2.40. The molecule has 3 nitrogen and oxygen atoms in total. The van der Waals surface area contributed by atoms with E-state index in [2.05, 4.69) is 32.8 Å². The van der Waals surface area contributed by atoms with Gasteiger partial charge in [-0.2, -0.15) is 0 Å². The zero-order valence-corrected chi connectivity index (χ0v) is 12.9. The molecule has 0 spiro atoms. The summed E-state index contributed by atoms with van der Waals surface area (Å²) < 4.78 is 42.5. The number of hydrazine groups is 1. The Kier molecular flexibility index (Phi) is 5.07. The van der Waals surface area contributed by atoms with Crippen LogP contribution in [0.25, 0.3) is 0 Å². The maximum atomic E-state index is 12.5. The van der Waals surface area contributed by atoms with Crippen molar-refractivity contribution in [2.24, 2.45) is 5.84 Å². The molecule has 0 aliphatic rings. The summed E-state index contributed by atoms with van der Waals surface area (Å²) >= 11 is 2.15. The Hall–Kier alpha value is -1.32. The van der Waals surface area contributed by atoms with Gasteiger partial charge in [0, 0.05) is 9.13 Å². The fourth-order valence-corrected chi connectivity index (χ4v) is 2.32. The van der Waals surface area contributed by atoms with Crippen LogP contribution in [0.15, 0.2) is 48.5 Å². The topological polar surface area (TPSA) is 47.3 Å². The summed E-state index contributed by atoms with van der Waals surface area (Å²) in [6.07, 6.45) is -4.75. The van der Waals surface area contributed by atoms with Crippen LogP contribution < -0.4 is 16.0 Å². The molecule has 0 amide bonds. The predicted molar refractivity (Wildman–Crippen MR) is 81.5 cm³/mol. The summed E-state index contributed by atoms with van der Waals surface area (Å²) in [7, 11) is 0. The molecular formula is C14H12F3IN2O. The molecule has 3 N–H and O–H groups in total. The van der Waals surface area contributed by atoms with Gasteiger partial charge < -0.3 is 4.74 Å². The standard InChI is InChI=1S/C14H12F3IN2O/c15-14(16,17)21-12-4-2-1-3-11(12)13(20-19)9-5-7-10(18)8-6-9/h1-8,13,20H,19H2. The Bertz CT molecular complexity index is 602. The summed E-state index contributed by atoms with van der Waals surface area (Å²) in [5.74, 6) is 5.25. The lowest BCUT2D eigenvalue weighted by atomic mass is 9.98. The van der Waals surface area contributed by atoms with E-state index < -0.39 is 12.4 Å². The molecule has 0 bridgehead atoms. The van der Waals surface area contributed by atoms with E-state index >= 15 is 0 Å². The van der Waals surface area contributed by atoms with E-state index in [1.54, 1.807) is 24.3 Å². The van der Waals surface area contributed by atoms with Crippen molar-refractivity contribution < 1.29 is 17.9 Å². The van der Waals surface area contributed by atoms with E-state index in [1.807, 2.05) is 12.1 Å². The van der Waals surface area contributed by atoms with Crippen LogP contribution in [0.1, 0.15) is 17.2 Å². The Morgan fingerprint density at radius 1 is 1.05 bits per heavy atom. The maximum Gasteiger partial charge on any atom is 0.573 e. The molecule has 0 aliphatic carbocycles. The van der Waals surface area contributed by atoms with Gasteiger partial charge >= 0.3 is 6.36 Å². The minimum absolute atomic E-state index is 0.272. The third kappa shape index (κ3) is 4.32. The second-order valence-electron chi connectivity index (χ2n) is 4.24. The van der Waals surface area contributed by atoms with Gasteiger partial charge in [0.2, 0.25) is 0 Å². The third-order valence-corrected chi connectivity index (χ3v) is 3.54. The van der Waals surface area contributed by atoms with E-state index in [4.69, 9.17) is 5.84 Å². The number of halogens is 4. The highest BCUT2D eigenvalue weighted by Crippen LogP contribution is 2.33. The predicted octanol–water partition coefficient (Wildman–Crippen LogP) is 3.74. The van der Waals surface area contributed by atoms with Crippen molar-refractivity contribution in [2.45, 2.75) is 12.4 Å². The number of para-hydroxylation sites is 1. The zero-order chi connectivity index (χ0) is 15.5. The van der Waals surface area contributed by atoms with Crippen LogP contribution in [0.2, 0.25) is 0 Å². The van der Waals surface area contributed by atoms with Crippen LogP contribution in [-0.4, -0.2) is 6.36 Å². The first-order chi connectivity index (χ1) is 9.90. The van der Waals surface area contributed by atoms with Gasteiger partial charge in [0.1, 0.15) is 5.75 Å². The first kappa shape index (κ1) is 16.1. The fraction of sp³-hybridized carbons (Fsp3) is 0.143. The molecule has 0 saturated heterocycles. The van der Waals surface area contributed by atoms with Gasteiger partial charge in [-0.25, -0.2) is 5.43 Å². The van der Waals surface area contributed by atoms with Crippen molar-refractivity contribution in [1.29, 1.82) is 0 Å². The van der Waals surface area contributed by atoms with Gasteiger partial charge in [0.05, 0.1) is 6.04 Å². The SMILES string of the molecule is NNC(c1ccc(I)cc1)c1ccccc1OC(F)(F)F. The molecule has 0 saturated carbocycles. The van der Waals surface area contributed by atoms with E-state index in [0.29, 0.717) is 5.56 Å². The van der Waals surface area contributed by atoms with Crippen LogP contribution in [0.3, 0.4) is 0 Å². The number of hydrogen-bond acceptors (Lipinski definition) is 3. The molecular weight excluding hydrogens is 396 g/mol. The summed E-state index contributed by atoms with van der Waals surface area (Å²) in [5, 5.41) is 0. The quantitative estimate of drug-likeness (QED) is 0.461. The molecule has 2 rings (SSSR count). The lowest BCUT2D eigenvalue weighted by molar-refractivity contribution is -0.275. The highest BCUT2D eigenvalue weighted by molar-refractivity contribution is 14.1. The molecule has 1 atom stereocenters. The molecule has 2 aromatic carbocycles. The Morgan fingerprint density at radius 3 is 2.24 bits per heavy atom. The van der Waals surface area contributed by atoms with Crippen LogP contribution in [0.5, 0.6) is 5.75 Å². The molecule has 0 fully saturated rings. The highest BCUT2D eigenvalue weighted by Gasteiger charge is 2.33. The van der Waals surface area contributed by atoms with Gasteiger partial charge in [0.25, 0.3) is 0 Å². The summed E-state index contributed by atoms with van der Waals surface area (Å²) in [4.78, 5) is 0. The number of benzene rings is 2. The monoisotopic (exact) mass is 408 g/mol. The van der Waals surface area contributed by atoms with E-state index in [-0.39, 0.29) is 5.75 Å². The first-order valence-corrected chi connectivity index (χ1v) is 7.05. The van der Waals surface area contributed by atoms with Crippen LogP contribution in [0, 0.1) is 3.57 Å². The summed E-state index contributed by atoms with van der Waals surface area (Å²) in [6, 6.07) is 12.6. The average Bonchev–Trinajstić information content (AvgIpc) is 2.42. The molecule has 0 aromatic heterocycles. The van der Waals surface area contributed by atoms with Crippen molar-refractivity contribution >= 4 is 22.6 Å². The summed E-state index contributed by atoms with van der Waals surface area (Å²) in [6.45, 7) is 0. The van der Waals surface area contributed by atoms with Crippen LogP contribution in [0.4, 0.5) is 13.2 Å². The van der Waals surface area contributed by atoms with Gasteiger partial charge in [0.15, 0.2) is 0 Å². The van der Waals surface area contributed by atoms with E-state index in [9.17, 15) is 13.2 Å². The fourth-order valence-electron chi connectivity index (χ4n) is 1.96. The largest absolute Gasteiger partial charge is 0.573 e. The number of nitrogens with one attached hydrogen (secondary N) is 1. The first-order valence-electron chi connectivity index (χ1n) is 5.97. The Morgan fingerprint density at radius 2 is 1.67 bits per heavy atom. The minimum Gasteiger partial charge on any atom is -0.405 e. The van der Waals surface area contributed by atoms with Crippen molar-refractivity contribution in [3.8, 4) is 5.75 Å². The molecule has 112 valence electrons. The zero-order valence-electron chi connectivity index (χ0n) is 10.7. The summed E-state index contributed by atoms with van der Waals surface area (Å²) in [5.41, 5.74) is 3.59. The number of alkyl halides is 3. The van der Waals surface area contributed by atoms with Crippen LogP contribution in [-0.2, 0) is 0 Å². The molecule has 1 unspecified atom stereocenters. The second-order valence-corrected chi connectivity index (χ2v) is 5.48. The molecule has 7 heteroatoms. The molecule has 21 heavy (non-hydrogen) atoms. The second kappa shape index (κ2) is 6.63. The van der Waals surface area contributed by atoms with Crippen molar-refractivity contribution in [3.05, 3.63) is 63.2 Å². The average molecular weight is 408 g/mol. The van der Waals surface area contributed by atoms with Crippen molar-refractivity contribution in [2.75, 3.05) is 0 Å². The highest BCUT2D eigenvalue weighted by atomic mass is 127. The molecule has 2 aromatic rings.